The van der Waals surface area contributed by atoms with Crippen molar-refractivity contribution in [2.45, 2.75) is 0 Å². The van der Waals surface area contributed by atoms with E-state index in [0.29, 0.717) is 18.9 Å². The topological polar surface area (TPSA) is 56.7 Å². The van der Waals surface area contributed by atoms with Gasteiger partial charge in [0.05, 0.1) is 0 Å². The van der Waals surface area contributed by atoms with Crippen LogP contribution in [0.3, 0.4) is 0 Å². The normalized spacial score (nSPS) is 15.0. The number of hydrogen-bond acceptors (Lipinski definition) is 4. The fourth-order valence-electron chi connectivity index (χ4n) is 2.64. The molecule has 0 aliphatic carbocycles. The van der Waals surface area contributed by atoms with E-state index < -0.39 is 5.97 Å². The zero-order valence-electron chi connectivity index (χ0n) is 11.9. The van der Waals surface area contributed by atoms with E-state index in [2.05, 4.69) is 9.88 Å². The van der Waals surface area contributed by atoms with E-state index in [0.717, 1.165) is 18.8 Å². The van der Waals surface area contributed by atoms with Crippen LogP contribution in [0.5, 0.6) is 0 Å². The summed E-state index contributed by atoms with van der Waals surface area (Å²) in [7, 11) is 0. The smallest absolute Gasteiger partial charge is 0.339 e. The number of benzene rings is 1. The van der Waals surface area contributed by atoms with Crippen molar-refractivity contribution in [3.05, 3.63) is 54.0 Å². The van der Waals surface area contributed by atoms with Crippen LogP contribution in [-0.4, -0.2) is 42.2 Å². The summed E-state index contributed by atoms with van der Waals surface area (Å²) >= 11 is 0. The number of nitrogens with zero attached hydrogens (tertiary/aromatic N) is 3. The van der Waals surface area contributed by atoms with Gasteiger partial charge in [-0.1, -0.05) is 0 Å². The zero-order chi connectivity index (χ0) is 15.5. The van der Waals surface area contributed by atoms with Crippen molar-refractivity contribution in [1.29, 1.82) is 0 Å². The number of rotatable bonds is 3. The number of pyridine rings is 1. The first-order valence-corrected chi connectivity index (χ1v) is 7.09. The second-order valence-electron chi connectivity index (χ2n) is 5.13. The minimum absolute atomic E-state index is 0.220. The summed E-state index contributed by atoms with van der Waals surface area (Å²) < 4.78 is 13.0. The molecule has 1 aliphatic heterocycles. The number of anilines is 2. The summed E-state index contributed by atoms with van der Waals surface area (Å²) in [5.74, 6) is -0.709. The molecule has 0 radical (unpaired) electrons. The average Bonchev–Trinajstić information content (AvgIpc) is 2.56. The standard InChI is InChI=1S/C16H16FN3O2/c17-12-3-5-13(6-4-12)19-8-10-20(11-9-19)15-14(16(21)22)2-1-7-18-15/h1-7H,8-11H2,(H,21,22). The van der Waals surface area contributed by atoms with Gasteiger partial charge in [-0.05, 0) is 36.4 Å². The zero-order valence-corrected chi connectivity index (χ0v) is 11.9. The van der Waals surface area contributed by atoms with Gasteiger partial charge in [-0.15, -0.1) is 0 Å². The first-order chi connectivity index (χ1) is 10.6. The number of halogens is 1. The van der Waals surface area contributed by atoms with Gasteiger partial charge in [-0.3, -0.25) is 0 Å². The third-order valence-corrected chi connectivity index (χ3v) is 3.79. The molecule has 1 N–H and O–H groups in total. The Morgan fingerprint density at radius 3 is 2.32 bits per heavy atom. The Labute approximate surface area is 127 Å². The number of carbonyl (C=O) groups is 1. The molecule has 0 atom stereocenters. The van der Waals surface area contributed by atoms with Gasteiger partial charge >= 0.3 is 5.97 Å². The molecule has 0 amide bonds. The van der Waals surface area contributed by atoms with Crippen LogP contribution in [0.25, 0.3) is 0 Å². The summed E-state index contributed by atoms with van der Waals surface area (Å²) in [5.41, 5.74) is 1.19. The monoisotopic (exact) mass is 301 g/mol. The molecule has 22 heavy (non-hydrogen) atoms. The quantitative estimate of drug-likeness (QED) is 0.942. The fourth-order valence-corrected chi connectivity index (χ4v) is 2.64. The van der Waals surface area contributed by atoms with Crippen LogP contribution < -0.4 is 9.80 Å². The molecular formula is C16H16FN3O2. The average molecular weight is 301 g/mol. The Morgan fingerprint density at radius 2 is 1.68 bits per heavy atom. The number of aromatic nitrogens is 1. The van der Waals surface area contributed by atoms with E-state index in [9.17, 15) is 14.3 Å². The summed E-state index contributed by atoms with van der Waals surface area (Å²) in [6, 6.07) is 9.60. The van der Waals surface area contributed by atoms with Gasteiger partial charge in [0.15, 0.2) is 0 Å². The first-order valence-electron chi connectivity index (χ1n) is 7.09. The van der Waals surface area contributed by atoms with Crippen LogP contribution in [0.1, 0.15) is 10.4 Å². The number of hydrogen-bond donors (Lipinski definition) is 1. The van der Waals surface area contributed by atoms with Crippen molar-refractivity contribution in [2.75, 3.05) is 36.0 Å². The van der Waals surface area contributed by atoms with Gasteiger partial charge in [0, 0.05) is 38.1 Å². The maximum absolute atomic E-state index is 13.0. The molecule has 1 saturated heterocycles. The summed E-state index contributed by atoms with van der Waals surface area (Å²) in [5, 5.41) is 9.24. The predicted octanol–water partition coefficient (Wildman–Crippen LogP) is 2.25. The fraction of sp³-hybridized carbons (Fsp3) is 0.250. The highest BCUT2D eigenvalue weighted by atomic mass is 19.1. The van der Waals surface area contributed by atoms with E-state index in [4.69, 9.17) is 0 Å². The summed E-state index contributed by atoms with van der Waals surface area (Å²) in [4.78, 5) is 19.6. The number of piperazine rings is 1. The van der Waals surface area contributed by atoms with Crippen LogP contribution in [0, 0.1) is 5.82 Å². The van der Waals surface area contributed by atoms with Crippen LogP contribution in [-0.2, 0) is 0 Å². The summed E-state index contributed by atoms with van der Waals surface area (Å²) in [6.07, 6.45) is 1.61. The Hall–Kier alpha value is -2.63. The number of carboxylic acids is 1. The third-order valence-electron chi connectivity index (χ3n) is 3.79. The minimum atomic E-state index is -0.968. The molecule has 1 aliphatic rings. The molecule has 6 heteroatoms. The second-order valence-corrected chi connectivity index (χ2v) is 5.13. The van der Waals surface area contributed by atoms with Crippen LogP contribution in [0.15, 0.2) is 42.6 Å². The molecular weight excluding hydrogens is 285 g/mol. The second kappa shape index (κ2) is 6.01. The minimum Gasteiger partial charge on any atom is -0.478 e. The highest BCUT2D eigenvalue weighted by Gasteiger charge is 2.22. The Balaban J connectivity index is 1.72. The lowest BCUT2D eigenvalue weighted by Crippen LogP contribution is -2.47. The van der Waals surface area contributed by atoms with Crippen molar-refractivity contribution in [1.82, 2.24) is 4.98 Å². The van der Waals surface area contributed by atoms with Crippen molar-refractivity contribution in [2.24, 2.45) is 0 Å². The maximum atomic E-state index is 13.0. The van der Waals surface area contributed by atoms with Crippen molar-refractivity contribution in [3.63, 3.8) is 0 Å². The van der Waals surface area contributed by atoms with Crippen molar-refractivity contribution in [3.8, 4) is 0 Å². The number of carboxylic acid groups (broad SMARTS) is 1. The lowest BCUT2D eigenvalue weighted by Gasteiger charge is -2.37. The Bertz CT molecular complexity index is 667. The maximum Gasteiger partial charge on any atom is 0.339 e. The lowest BCUT2D eigenvalue weighted by molar-refractivity contribution is 0.0697. The van der Waals surface area contributed by atoms with E-state index in [1.54, 1.807) is 30.5 Å². The van der Waals surface area contributed by atoms with Gasteiger partial charge in [-0.2, -0.15) is 0 Å². The lowest BCUT2D eigenvalue weighted by atomic mass is 10.2. The summed E-state index contributed by atoms with van der Waals surface area (Å²) in [6.45, 7) is 2.83. The molecule has 3 rings (SSSR count). The van der Waals surface area contributed by atoms with Crippen molar-refractivity contribution >= 4 is 17.5 Å². The molecule has 0 bridgehead atoms. The Morgan fingerprint density at radius 1 is 1.05 bits per heavy atom. The predicted molar refractivity (Wildman–Crippen MR) is 82.0 cm³/mol. The van der Waals surface area contributed by atoms with Gasteiger partial charge < -0.3 is 14.9 Å². The van der Waals surface area contributed by atoms with Gasteiger partial charge in [0.25, 0.3) is 0 Å². The van der Waals surface area contributed by atoms with Crippen LogP contribution in [0.2, 0.25) is 0 Å². The molecule has 0 unspecified atom stereocenters. The molecule has 1 aromatic carbocycles. The molecule has 1 fully saturated rings. The van der Waals surface area contributed by atoms with Gasteiger partial charge in [0.2, 0.25) is 0 Å². The Kier molecular flexibility index (Phi) is 3.91. The van der Waals surface area contributed by atoms with Gasteiger partial charge in [-0.25, -0.2) is 14.2 Å². The van der Waals surface area contributed by atoms with Gasteiger partial charge in [0.1, 0.15) is 17.2 Å². The SMILES string of the molecule is O=C(O)c1cccnc1N1CCN(c2ccc(F)cc2)CC1. The molecule has 2 heterocycles. The number of aromatic carboxylic acids is 1. The van der Waals surface area contributed by atoms with Crippen molar-refractivity contribution < 1.29 is 14.3 Å². The third kappa shape index (κ3) is 2.86. The van der Waals surface area contributed by atoms with Crippen LogP contribution >= 0.6 is 0 Å². The molecule has 5 nitrogen and oxygen atoms in total. The highest BCUT2D eigenvalue weighted by molar-refractivity contribution is 5.93. The van der Waals surface area contributed by atoms with E-state index in [1.807, 2.05) is 4.90 Å². The van der Waals surface area contributed by atoms with E-state index in [-0.39, 0.29) is 11.4 Å². The largest absolute Gasteiger partial charge is 0.478 e. The molecule has 0 spiro atoms. The van der Waals surface area contributed by atoms with Crippen LogP contribution in [0.4, 0.5) is 15.9 Å². The highest BCUT2D eigenvalue weighted by Crippen LogP contribution is 2.22. The van der Waals surface area contributed by atoms with E-state index in [1.165, 1.54) is 12.1 Å². The van der Waals surface area contributed by atoms with E-state index >= 15 is 0 Å². The molecule has 2 aromatic rings. The molecule has 0 saturated carbocycles. The molecule has 114 valence electrons. The molecule has 1 aromatic heterocycles. The first kappa shape index (κ1) is 14.3.